The van der Waals surface area contributed by atoms with Crippen molar-refractivity contribution in [3.8, 4) is 5.88 Å². The second kappa shape index (κ2) is 8.82. The highest BCUT2D eigenvalue weighted by molar-refractivity contribution is 6.27. The minimum atomic E-state index is -0.946. The number of pyridine rings is 1. The Hall–Kier alpha value is -3.95. The quantitative estimate of drug-likeness (QED) is 0.330. The Morgan fingerprint density at radius 1 is 1.00 bits per heavy atom. The van der Waals surface area contributed by atoms with Gasteiger partial charge < -0.3 is 16.6 Å². The van der Waals surface area contributed by atoms with Crippen LogP contribution in [0.2, 0.25) is 0 Å². The average molecular weight is 428 g/mol. The summed E-state index contributed by atoms with van der Waals surface area (Å²) in [6.07, 6.45) is 4.16. The van der Waals surface area contributed by atoms with Gasteiger partial charge in [-0.15, -0.1) is 0 Å². The van der Waals surface area contributed by atoms with E-state index >= 15 is 0 Å². The zero-order chi connectivity index (χ0) is 23.6. The molecule has 0 aromatic carbocycles. The van der Waals surface area contributed by atoms with Crippen molar-refractivity contribution < 1.29 is 24.3 Å². The lowest BCUT2D eigenvalue weighted by atomic mass is 9.93. The van der Waals surface area contributed by atoms with Crippen molar-refractivity contribution >= 4 is 29.7 Å². The minimum absolute atomic E-state index is 0.0477. The molecule has 0 saturated heterocycles. The van der Waals surface area contributed by atoms with E-state index in [1.165, 1.54) is 32.1 Å². The maximum atomic E-state index is 12.7. The second-order valence-electron chi connectivity index (χ2n) is 6.81. The Bertz CT molecular complexity index is 1150. The van der Waals surface area contributed by atoms with Gasteiger partial charge in [-0.05, 0) is 51.0 Å². The molecule has 5 N–H and O–H groups in total. The lowest BCUT2D eigenvalue weighted by Crippen LogP contribution is -2.45. The third-order valence-corrected chi connectivity index (χ3v) is 5.10. The highest BCUT2D eigenvalue weighted by Crippen LogP contribution is 2.27. The number of hydrogen-bond acceptors (Lipinski definition) is 6. The van der Waals surface area contributed by atoms with E-state index in [9.17, 15) is 29.1 Å². The van der Waals surface area contributed by atoms with Crippen LogP contribution < -0.4 is 17.0 Å². The molecule has 1 aliphatic rings. The van der Waals surface area contributed by atoms with Crippen LogP contribution in [0.1, 0.15) is 42.3 Å². The molecule has 0 aliphatic carbocycles. The van der Waals surface area contributed by atoms with Crippen molar-refractivity contribution in [3.05, 3.63) is 55.9 Å². The van der Waals surface area contributed by atoms with E-state index in [-0.39, 0.29) is 52.4 Å². The number of primary amides is 2. The Morgan fingerprint density at radius 3 is 2.10 bits per heavy atom. The molecule has 10 heteroatoms. The van der Waals surface area contributed by atoms with Gasteiger partial charge in [0.05, 0.1) is 0 Å². The Balaban J connectivity index is 2.68. The van der Waals surface area contributed by atoms with E-state index in [1.807, 2.05) is 0 Å². The summed E-state index contributed by atoms with van der Waals surface area (Å²) < 4.78 is 1.000. The van der Waals surface area contributed by atoms with E-state index in [1.54, 1.807) is 13.8 Å². The van der Waals surface area contributed by atoms with E-state index < -0.39 is 29.2 Å². The Labute approximate surface area is 178 Å². The number of nitrogens with two attached hydrogens (primary N) is 2. The summed E-state index contributed by atoms with van der Waals surface area (Å²) in [6.45, 7) is 6.26. The highest BCUT2D eigenvalue weighted by Gasteiger charge is 2.36. The predicted molar refractivity (Wildman–Crippen MR) is 113 cm³/mol. The number of carbonyl (C=O) groups is 4. The molecule has 1 aliphatic heterocycles. The number of imide groups is 1. The molecule has 0 spiro atoms. The number of carbonyl (C=O) groups excluding carboxylic acids is 4. The molecule has 0 fully saturated rings. The van der Waals surface area contributed by atoms with Crippen LogP contribution in [0.25, 0.3) is 6.08 Å². The van der Waals surface area contributed by atoms with Gasteiger partial charge >= 0.3 is 0 Å². The summed E-state index contributed by atoms with van der Waals surface area (Å²) in [5.41, 5.74) is 9.95. The van der Waals surface area contributed by atoms with Crippen LogP contribution in [0, 0.1) is 6.92 Å². The molecule has 31 heavy (non-hydrogen) atoms. The van der Waals surface area contributed by atoms with Crippen LogP contribution in [-0.2, 0) is 20.9 Å². The highest BCUT2D eigenvalue weighted by atomic mass is 16.3. The number of aromatic hydroxyl groups is 1. The van der Waals surface area contributed by atoms with E-state index in [4.69, 9.17) is 11.5 Å². The fourth-order valence-corrected chi connectivity index (χ4v) is 3.46. The first-order valence-corrected chi connectivity index (χ1v) is 9.51. The van der Waals surface area contributed by atoms with Crippen molar-refractivity contribution in [1.82, 2.24) is 9.47 Å². The molecular formula is C21H24N4O6. The number of rotatable bonds is 6. The van der Waals surface area contributed by atoms with Gasteiger partial charge in [-0.1, -0.05) is 6.08 Å². The molecule has 2 rings (SSSR count). The monoisotopic (exact) mass is 428 g/mol. The van der Waals surface area contributed by atoms with Crippen molar-refractivity contribution in [1.29, 1.82) is 0 Å². The molecule has 4 amide bonds. The van der Waals surface area contributed by atoms with Crippen molar-refractivity contribution in [2.75, 3.05) is 6.54 Å². The van der Waals surface area contributed by atoms with Crippen molar-refractivity contribution in [2.24, 2.45) is 11.5 Å². The third kappa shape index (κ3) is 3.91. The molecule has 0 bridgehead atoms. The average Bonchev–Trinajstić information content (AvgIpc) is 2.66. The van der Waals surface area contributed by atoms with Gasteiger partial charge in [0.15, 0.2) is 0 Å². The van der Waals surface area contributed by atoms with Crippen LogP contribution in [0.4, 0.5) is 0 Å². The fourth-order valence-electron chi connectivity index (χ4n) is 3.46. The van der Waals surface area contributed by atoms with E-state index in [0.29, 0.717) is 0 Å². The molecular weight excluding hydrogens is 404 g/mol. The number of nitrogens with zero attached hydrogens (tertiary/aromatic N) is 2. The predicted octanol–water partition coefficient (Wildman–Crippen LogP) is 0.111. The van der Waals surface area contributed by atoms with Gasteiger partial charge in [0.2, 0.25) is 5.88 Å². The first kappa shape index (κ1) is 23.3. The summed E-state index contributed by atoms with van der Waals surface area (Å²) in [5, 5.41) is 10.5. The summed E-state index contributed by atoms with van der Waals surface area (Å²) in [5.74, 6) is -3.60. The molecule has 0 radical (unpaired) electrons. The maximum absolute atomic E-state index is 12.7. The largest absolute Gasteiger partial charge is 0.494 e. The van der Waals surface area contributed by atoms with Gasteiger partial charge in [0, 0.05) is 24.2 Å². The molecule has 0 atom stereocenters. The normalized spacial score (nSPS) is 16.0. The topological polar surface area (TPSA) is 166 Å². The van der Waals surface area contributed by atoms with Gasteiger partial charge in [-0.3, -0.25) is 33.4 Å². The van der Waals surface area contributed by atoms with Gasteiger partial charge in [0.1, 0.15) is 11.1 Å². The van der Waals surface area contributed by atoms with Crippen LogP contribution in [0.15, 0.2) is 33.7 Å². The number of allylic oxidation sites excluding steroid dienone is 2. The Kier molecular flexibility index (Phi) is 6.64. The fraction of sp³-hybridized carbons (Fsp3) is 0.286. The number of likely N-dealkylation sites (N-methyl/N-ethyl adjacent to an activating group) is 1. The molecule has 164 valence electrons. The van der Waals surface area contributed by atoms with Crippen molar-refractivity contribution in [2.45, 2.75) is 34.2 Å². The van der Waals surface area contributed by atoms with Crippen LogP contribution in [-0.4, -0.2) is 44.7 Å². The molecule has 0 unspecified atom stereocenters. The molecule has 1 aromatic rings. The van der Waals surface area contributed by atoms with Gasteiger partial charge in [-0.2, -0.15) is 0 Å². The first-order chi connectivity index (χ1) is 14.5. The van der Waals surface area contributed by atoms with E-state index in [0.717, 1.165) is 9.47 Å². The Morgan fingerprint density at radius 2 is 1.61 bits per heavy atom. The number of aromatic nitrogens is 1. The van der Waals surface area contributed by atoms with Crippen LogP contribution >= 0.6 is 0 Å². The summed E-state index contributed by atoms with van der Waals surface area (Å²) in [4.78, 5) is 61.8. The lowest BCUT2D eigenvalue weighted by Gasteiger charge is -2.27. The molecule has 2 heterocycles. The van der Waals surface area contributed by atoms with Crippen LogP contribution in [0.3, 0.4) is 0 Å². The third-order valence-electron chi connectivity index (χ3n) is 5.10. The maximum Gasteiger partial charge on any atom is 0.266 e. The molecule has 1 aromatic heterocycles. The zero-order valence-corrected chi connectivity index (χ0v) is 17.7. The van der Waals surface area contributed by atoms with E-state index in [2.05, 4.69) is 0 Å². The number of hydrogen-bond donors (Lipinski definition) is 3. The van der Waals surface area contributed by atoms with Gasteiger partial charge in [0.25, 0.3) is 29.2 Å². The van der Waals surface area contributed by atoms with Crippen LogP contribution in [0.5, 0.6) is 5.88 Å². The minimum Gasteiger partial charge on any atom is -0.494 e. The number of amides is 4. The molecule has 0 saturated carbocycles. The summed E-state index contributed by atoms with van der Waals surface area (Å²) in [6, 6.07) is 0. The second-order valence-corrected chi connectivity index (χ2v) is 6.81. The van der Waals surface area contributed by atoms with Gasteiger partial charge in [-0.25, -0.2) is 0 Å². The zero-order valence-electron chi connectivity index (χ0n) is 17.7. The summed E-state index contributed by atoms with van der Waals surface area (Å²) in [7, 11) is 0. The first-order valence-electron chi connectivity index (χ1n) is 9.51. The van der Waals surface area contributed by atoms with Crippen molar-refractivity contribution in [3.63, 3.8) is 0 Å². The lowest BCUT2D eigenvalue weighted by molar-refractivity contribution is -0.141. The smallest absolute Gasteiger partial charge is 0.266 e. The SMILES string of the molecule is CCN1C(=O)C(=CC=Cc2c(C)c(C(N)=O)c(=O)n(CC)c2O)C(C)=C(C(N)=O)C1=O. The molecule has 10 nitrogen and oxygen atoms in total. The summed E-state index contributed by atoms with van der Waals surface area (Å²) >= 11 is 0. The standard InChI is InChI=1S/C21H24N4O6/c1-5-24-18(28)12(10(3)14(16(22)26)20(24)30)8-7-9-13-11(4)15(17(23)27)21(31)25(6-2)19(13)29/h7-9,28H,5-6H2,1-4H3,(H2,22,26)(H2,23,27).